The average Bonchev–Trinajstić information content (AvgIpc) is 3.00. The van der Waals surface area contributed by atoms with Gasteiger partial charge in [-0.2, -0.15) is 5.10 Å². The van der Waals surface area contributed by atoms with Crippen LogP contribution in [0.1, 0.15) is 66.1 Å². The summed E-state index contributed by atoms with van der Waals surface area (Å²) in [6.07, 6.45) is 5.01. The highest BCUT2D eigenvalue weighted by Gasteiger charge is 2.16. The number of aryl methyl sites for hydroxylation is 2. The first-order valence-electron chi connectivity index (χ1n) is 11.4. The van der Waals surface area contributed by atoms with E-state index in [1.54, 1.807) is 4.68 Å². The molecule has 30 heavy (non-hydrogen) atoms. The van der Waals surface area contributed by atoms with Crippen LogP contribution in [0, 0.1) is 0 Å². The molecule has 2 rings (SSSR count). The van der Waals surface area contributed by atoms with Crippen LogP contribution in [-0.2, 0) is 19.5 Å². The van der Waals surface area contributed by atoms with Gasteiger partial charge in [0.15, 0.2) is 5.96 Å². The summed E-state index contributed by atoms with van der Waals surface area (Å²) in [6, 6.07) is 1.13. The first-order valence-corrected chi connectivity index (χ1v) is 11.4. The van der Waals surface area contributed by atoms with Crippen molar-refractivity contribution in [3.05, 3.63) is 16.3 Å². The van der Waals surface area contributed by atoms with E-state index in [1.165, 1.54) is 0 Å². The van der Waals surface area contributed by atoms with Crippen LogP contribution in [0.4, 0.5) is 0 Å². The van der Waals surface area contributed by atoms with Crippen molar-refractivity contribution in [3.8, 4) is 0 Å². The van der Waals surface area contributed by atoms with E-state index in [9.17, 15) is 4.79 Å². The minimum absolute atomic E-state index is 0. The van der Waals surface area contributed by atoms with Gasteiger partial charge in [0.25, 0.3) is 0 Å². The van der Waals surface area contributed by atoms with E-state index in [0.717, 1.165) is 70.1 Å². The normalized spacial score (nSPS) is 14.2. The van der Waals surface area contributed by atoms with Crippen LogP contribution in [0.25, 0.3) is 0 Å². The molecule has 0 saturated carbocycles. The fraction of sp³-hybridized carbons (Fsp3) is 0.857. The van der Waals surface area contributed by atoms with Crippen molar-refractivity contribution in [3.63, 3.8) is 0 Å². The number of hydrogen-bond acceptors (Lipinski definition) is 4. The molecule has 2 heterocycles. The van der Waals surface area contributed by atoms with Crippen molar-refractivity contribution in [1.82, 2.24) is 29.9 Å². The molecule has 1 aromatic rings. The van der Waals surface area contributed by atoms with Crippen molar-refractivity contribution >= 4 is 29.9 Å². The molecule has 1 aromatic heterocycles. The number of halogens is 1. The summed E-state index contributed by atoms with van der Waals surface area (Å²) in [5, 5.41) is 11.2. The summed E-state index contributed by atoms with van der Waals surface area (Å²) < 4.78 is 3.44. The van der Waals surface area contributed by atoms with Gasteiger partial charge < -0.3 is 10.6 Å². The third kappa shape index (κ3) is 8.20. The van der Waals surface area contributed by atoms with Gasteiger partial charge in [0, 0.05) is 57.8 Å². The molecular weight excluding hydrogens is 493 g/mol. The number of aliphatic imine (C=N–C) groups is 1. The summed E-state index contributed by atoms with van der Waals surface area (Å²) in [5.74, 6) is 1.79. The number of guanidine groups is 1. The molecule has 8 nitrogen and oxygen atoms in total. The van der Waals surface area contributed by atoms with Crippen LogP contribution in [0.5, 0.6) is 0 Å². The molecule has 0 saturated heterocycles. The number of rotatable bonds is 11. The third-order valence-corrected chi connectivity index (χ3v) is 5.39. The Hall–Kier alpha value is -1.10. The van der Waals surface area contributed by atoms with E-state index >= 15 is 0 Å². The minimum Gasteiger partial charge on any atom is -0.357 e. The monoisotopic (exact) mass is 535 g/mol. The standard InChI is InChI=1S/C21H41N7O.HI/c1-6-22-20(23-12-9-15-26(17(2)3)18(4)5)24-13-10-16-28-21(29)27-14-8-7-11-19(27)25-28;/h17-18H,6-16H2,1-5H3,(H2,22,23,24);1H. The Balaban J connectivity index is 0.00000450. The number of hydrogen-bond donors (Lipinski definition) is 2. The van der Waals surface area contributed by atoms with Crippen LogP contribution >= 0.6 is 24.0 Å². The van der Waals surface area contributed by atoms with Crippen molar-refractivity contribution in [2.45, 2.75) is 91.9 Å². The molecule has 1 aliphatic rings. The number of nitrogens with one attached hydrogen (secondary N) is 2. The molecule has 174 valence electrons. The maximum Gasteiger partial charge on any atom is 0.345 e. The second kappa shape index (κ2) is 14.1. The van der Waals surface area contributed by atoms with Crippen molar-refractivity contribution < 1.29 is 0 Å². The first kappa shape index (κ1) is 26.9. The van der Waals surface area contributed by atoms with Gasteiger partial charge in [-0.05, 0) is 60.3 Å². The van der Waals surface area contributed by atoms with Gasteiger partial charge in [0.1, 0.15) is 5.82 Å². The zero-order valence-corrected chi connectivity index (χ0v) is 21.8. The lowest BCUT2D eigenvalue weighted by atomic mass is 10.2. The molecule has 0 aromatic carbocycles. The Bertz CT molecular complexity index is 688. The number of nitrogens with zero attached hydrogens (tertiary/aromatic N) is 5. The largest absolute Gasteiger partial charge is 0.357 e. The predicted octanol–water partition coefficient (Wildman–Crippen LogP) is 2.45. The lowest BCUT2D eigenvalue weighted by Gasteiger charge is -2.30. The molecule has 0 spiro atoms. The second-order valence-corrected chi connectivity index (χ2v) is 8.35. The number of fused-ring (bicyclic) bond motifs is 1. The molecule has 0 unspecified atom stereocenters. The molecule has 1 aliphatic heterocycles. The van der Waals surface area contributed by atoms with Crippen LogP contribution < -0.4 is 16.3 Å². The van der Waals surface area contributed by atoms with Gasteiger partial charge in [-0.25, -0.2) is 9.48 Å². The molecule has 0 aliphatic carbocycles. The fourth-order valence-corrected chi connectivity index (χ4v) is 3.93. The zero-order valence-electron chi connectivity index (χ0n) is 19.5. The molecule has 0 fully saturated rings. The predicted molar refractivity (Wildman–Crippen MR) is 135 cm³/mol. The quantitative estimate of drug-likeness (QED) is 0.197. The van der Waals surface area contributed by atoms with Gasteiger partial charge in [0.2, 0.25) is 0 Å². The van der Waals surface area contributed by atoms with E-state index in [4.69, 9.17) is 0 Å². The Kier molecular flexibility index (Phi) is 12.6. The third-order valence-electron chi connectivity index (χ3n) is 5.39. The lowest BCUT2D eigenvalue weighted by Crippen LogP contribution is -2.41. The summed E-state index contributed by atoms with van der Waals surface area (Å²) in [5.41, 5.74) is 0.0357. The van der Waals surface area contributed by atoms with E-state index in [1.807, 2.05) is 4.57 Å². The minimum atomic E-state index is 0. The van der Waals surface area contributed by atoms with E-state index in [-0.39, 0.29) is 29.7 Å². The van der Waals surface area contributed by atoms with Gasteiger partial charge in [-0.3, -0.25) is 14.5 Å². The Morgan fingerprint density at radius 2 is 1.90 bits per heavy atom. The van der Waals surface area contributed by atoms with E-state index < -0.39 is 0 Å². The Labute approximate surface area is 198 Å². The SMILES string of the molecule is CCNC(=NCCCn1nc2n(c1=O)CCCC2)NCCCN(C(C)C)C(C)C.I. The van der Waals surface area contributed by atoms with Crippen LogP contribution in [0.15, 0.2) is 9.79 Å². The topological polar surface area (TPSA) is 79.5 Å². The molecular formula is C21H42IN7O. The van der Waals surface area contributed by atoms with Gasteiger partial charge >= 0.3 is 5.69 Å². The van der Waals surface area contributed by atoms with Gasteiger partial charge in [0.05, 0.1) is 0 Å². The van der Waals surface area contributed by atoms with Gasteiger partial charge in [-0.1, -0.05) is 0 Å². The Morgan fingerprint density at radius 1 is 1.17 bits per heavy atom. The van der Waals surface area contributed by atoms with Crippen molar-refractivity contribution in [2.75, 3.05) is 26.2 Å². The summed E-state index contributed by atoms with van der Waals surface area (Å²) in [4.78, 5) is 19.5. The zero-order chi connectivity index (χ0) is 21.2. The molecule has 0 amide bonds. The maximum absolute atomic E-state index is 12.4. The molecule has 0 bridgehead atoms. The van der Waals surface area contributed by atoms with Crippen LogP contribution in [-0.4, -0.2) is 63.5 Å². The molecule has 0 radical (unpaired) electrons. The van der Waals surface area contributed by atoms with Gasteiger partial charge in [-0.15, -0.1) is 24.0 Å². The average molecular weight is 536 g/mol. The van der Waals surface area contributed by atoms with Crippen LogP contribution in [0.3, 0.4) is 0 Å². The highest BCUT2D eigenvalue weighted by Crippen LogP contribution is 2.09. The van der Waals surface area contributed by atoms with Crippen LogP contribution in [0.2, 0.25) is 0 Å². The maximum atomic E-state index is 12.4. The lowest BCUT2D eigenvalue weighted by molar-refractivity contribution is 0.173. The smallest absolute Gasteiger partial charge is 0.345 e. The highest BCUT2D eigenvalue weighted by molar-refractivity contribution is 14.0. The molecule has 0 atom stereocenters. The highest BCUT2D eigenvalue weighted by atomic mass is 127. The summed E-state index contributed by atoms with van der Waals surface area (Å²) in [7, 11) is 0. The van der Waals surface area contributed by atoms with Crippen molar-refractivity contribution in [1.29, 1.82) is 0 Å². The summed E-state index contributed by atoms with van der Waals surface area (Å²) >= 11 is 0. The molecule has 2 N–H and O–H groups in total. The fourth-order valence-electron chi connectivity index (χ4n) is 3.93. The first-order chi connectivity index (χ1) is 13.9. The molecule has 9 heteroatoms. The number of aromatic nitrogens is 3. The Morgan fingerprint density at radius 3 is 2.53 bits per heavy atom. The van der Waals surface area contributed by atoms with Crippen molar-refractivity contribution in [2.24, 2.45) is 4.99 Å². The van der Waals surface area contributed by atoms with E-state index in [2.05, 4.69) is 60.2 Å². The summed E-state index contributed by atoms with van der Waals surface area (Å²) in [6.45, 7) is 16.0. The second-order valence-electron chi connectivity index (χ2n) is 8.35. The van der Waals surface area contributed by atoms with E-state index in [0.29, 0.717) is 25.2 Å².